The molecule has 27 heavy (non-hydrogen) atoms. The Morgan fingerprint density at radius 1 is 1.30 bits per heavy atom. The van der Waals surface area contributed by atoms with Crippen molar-refractivity contribution in [2.45, 2.75) is 17.4 Å². The second-order valence-corrected chi connectivity index (χ2v) is 7.84. The van der Waals surface area contributed by atoms with Gasteiger partial charge in [-0.25, -0.2) is 18.2 Å². The van der Waals surface area contributed by atoms with E-state index in [1.807, 2.05) is 6.07 Å². The van der Waals surface area contributed by atoms with Crippen molar-refractivity contribution >= 4 is 16.0 Å². The molecule has 1 saturated heterocycles. The summed E-state index contributed by atoms with van der Waals surface area (Å²) in [5, 5.41) is 8.92. The van der Waals surface area contributed by atoms with Crippen LogP contribution in [0.25, 0.3) is 0 Å². The molecule has 0 N–H and O–H groups in total. The Morgan fingerprint density at radius 2 is 2.04 bits per heavy atom. The van der Waals surface area contributed by atoms with Crippen LogP contribution in [-0.4, -0.2) is 50.0 Å². The largest absolute Gasteiger partial charge is 0.473 e. The standard InChI is InChI=1S/C18H17N3O5S/c1-25-18(22)14-2-4-16(5-3-14)27(23,24)21-9-7-15(12-21)26-17-10-13(11-19)6-8-20-17/h2-6,8,10,15H,7,9,12H2,1H3. The molecule has 1 aromatic heterocycles. The van der Waals surface area contributed by atoms with E-state index in [2.05, 4.69) is 9.72 Å². The number of hydrogen-bond donors (Lipinski definition) is 0. The number of carbonyl (C=O) groups excluding carboxylic acids is 1. The Balaban J connectivity index is 1.69. The summed E-state index contributed by atoms with van der Waals surface area (Å²) < 4.78 is 37.2. The maximum absolute atomic E-state index is 12.8. The van der Waals surface area contributed by atoms with Crippen molar-refractivity contribution in [1.82, 2.24) is 9.29 Å². The van der Waals surface area contributed by atoms with E-state index in [-0.39, 0.29) is 23.1 Å². The topological polar surface area (TPSA) is 110 Å². The lowest BCUT2D eigenvalue weighted by Crippen LogP contribution is -2.31. The second-order valence-electron chi connectivity index (χ2n) is 5.90. The van der Waals surface area contributed by atoms with Gasteiger partial charge in [0.2, 0.25) is 15.9 Å². The van der Waals surface area contributed by atoms with E-state index in [0.717, 1.165) is 0 Å². The molecule has 0 amide bonds. The number of nitriles is 1. The number of esters is 1. The van der Waals surface area contributed by atoms with E-state index < -0.39 is 16.0 Å². The predicted molar refractivity (Wildman–Crippen MR) is 94.5 cm³/mol. The Labute approximate surface area is 157 Å². The summed E-state index contributed by atoms with van der Waals surface area (Å²) in [6, 6.07) is 10.7. The lowest BCUT2D eigenvalue weighted by atomic mass is 10.2. The minimum absolute atomic E-state index is 0.0976. The molecule has 2 aromatic rings. The molecule has 0 aliphatic carbocycles. The molecule has 1 unspecified atom stereocenters. The lowest BCUT2D eigenvalue weighted by Gasteiger charge is -2.17. The number of rotatable bonds is 5. The highest BCUT2D eigenvalue weighted by Crippen LogP contribution is 2.24. The van der Waals surface area contributed by atoms with E-state index >= 15 is 0 Å². The molecule has 0 spiro atoms. The first-order valence-corrected chi connectivity index (χ1v) is 9.59. The molecule has 1 aliphatic rings. The van der Waals surface area contributed by atoms with Gasteiger partial charge in [0.1, 0.15) is 6.10 Å². The SMILES string of the molecule is COC(=O)c1ccc(S(=O)(=O)N2CCC(Oc3cc(C#N)ccn3)C2)cc1. The fraction of sp³-hybridized carbons (Fsp3) is 0.278. The van der Waals surface area contributed by atoms with Gasteiger partial charge in [-0.3, -0.25) is 0 Å². The summed E-state index contributed by atoms with van der Waals surface area (Å²) in [5.74, 6) is -0.235. The van der Waals surface area contributed by atoms with Crippen LogP contribution in [0.1, 0.15) is 22.3 Å². The van der Waals surface area contributed by atoms with Gasteiger partial charge in [-0.05, 0) is 36.8 Å². The molecule has 2 heterocycles. The van der Waals surface area contributed by atoms with Gasteiger partial charge in [-0.2, -0.15) is 9.57 Å². The smallest absolute Gasteiger partial charge is 0.337 e. The molecule has 0 saturated carbocycles. The number of nitrogens with zero attached hydrogens (tertiary/aromatic N) is 3. The van der Waals surface area contributed by atoms with E-state index in [4.69, 9.17) is 10.00 Å². The van der Waals surface area contributed by atoms with Crippen molar-refractivity contribution in [2.24, 2.45) is 0 Å². The Hall–Kier alpha value is -2.96. The third kappa shape index (κ3) is 4.07. The van der Waals surface area contributed by atoms with Crippen molar-refractivity contribution in [3.8, 4) is 11.9 Å². The first kappa shape index (κ1) is 18.8. The molecule has 1 atom stereocenters. The normalized spacial score (nSPS) is 17.3. The zero-order valence-corrected chi connectivity index (χ0v) is 15.3. The monoisotopic (exact) mass is 387 g/mol. The highest BCUT2D eigenvalue weighted by molar-refractivity contribution is 7.89. The van der Waals surface area contributed by atoms with Gasteiger partial charge in [0.15, 0.2) is 0 Å². The molecule has 9 heteroatoms. The molecule has 0 bridgehead atoms. The van der Waals surface area contributed by atoms with Crippen LogP contribution < -0.4 is 4.74 Å². The van der Waals surface area contributed by atoms with Crippen LogP contribution in [0.5, 0.6) is 5.88 Å². The van der Waals surface area contributed by atoms with Gasteiger partial charge in [-0.1, -0.05) is 0 Å². The van der Waals surface area contributed by atoms with Crippen LogP contribution in [0.4, 0.5) is 0 Å². The fourth-order valence-electron chi connectivity index (χ4n) is 2.76. The van der Waals surface area contributed by atoms with Gasteiger partial charge in [-0.15, -0.1) is 0 Å². The molecule has 3 rings (SSSR count). The van der Waals surface area contributed by atoms with Crippen LogP contribution >= 0.6 is 0 Å². The number of ether oxygens (including phenoxy) is 2. The first-order valence-electron chi connectivity index (χ1n) is 8.15. The van der Waals surface area contributed by atoms with Crippen LogP contribution in [0.2, 0.25) is 0 Å². The number of hydrogen-bond acceptors (Lipinski definition) is 7. The van der Waals surface area contributed by atoms with Gasteiger partial charge >= 0.3 is 5.97 Å². The summed E-state index contributed by atoms with van der Waals surface area (Å²) in [6.45, 7) is 0.489. The highest BCUT2D eigenvalue weighted by atomic mass is 32.2. The van der Waals surface area contributed by atoms with Gasteiger partial charge in [0.05, 0.1) is 35.7 Å². The molecule has 8 nitrogen and oxygen atoms in total. The second kappa shape index (κ2) is 7.73. The van der Waals surface area contributed by atoms with Crippen LogP contribution in [0.3, 0.4) is 0 Å². The maximum Gasteiger partial charge on any atom is 0.337 e. The zero-order chi connectivity index (χ0) is 19.4. The van der Waals surface area contributed by atoms with Gasteiger partial charge < -0.3 is 9.47 Å². The molecule has 1 aliphatic heterocycles. The molecule has 140 valence electrons. The Bertz CT molecular complexity index is 983. The molecular weight excluding hydrogens is 370 g/mol. The van der Waals surface area contributed by atoms with Gasteiger partial charge in [0, 0.05) is 18.8 Å². The number of sulfonamides is 1. The molecular formula is C18H17N3O5S. The summed E-state index contributed by atoms with van der Waals surface area (Å²) in [6.07, 6.45) is 1.63. The molecule has 1 aromatic carbocycles. The van der Waals surface area contributed by atoms with Crippen molar-refractivity contribution in [3.63, 3.8) is 0 Å². The first-order chi connectivity index (χ1) is 12.9. The number of methoxy groups -OCH3 is 1. The lowest BCUT2D eigenvalue weighted by molar-refractivity contribution is 0.0600. The zero-order valence-electron chi connectivity index (χ0n) is 14.5. The average molecular weight is 387 g/mol. The Morgan fingerprint density at radius 3 is 2.70 bits per heavy atom. The third-order valence-electron chi connectivity index (χ3n) is 4.17. The predicted octanol–water partition coefficient (Wildman–Crippen LogP) is 1.58. The fourth-order valence-corrected chi connectivity index (χ4v) is 4.24. The number of benzene rings is 1. The van der Waals surface area contributed by atoms with Crippen molar-refractivity contribution in [3.05, 3.63) is 53.7 Å². The van der Waals surface area contributed by atoms with Crippen molar-refractivity contribution in [2.75, 3.05) is 20.2 Å². The number of carbonyl (C=O) groups is 1. The number of pyridine rings is 1. The quantitative estimate of drug-likeness (QED) is 0.716. The van der Waals surface area contributed by atoms with E-state index in [1.54, 1.807) is 6.07 Å². The minimum Gasteiger partial charge on any atom is -0.473 e. The van der Waals surface area contributed by atoms with Crippen LogP contribution in [0.15, 0.2) is 47.5 Å². The Kier molecular flexibility index (Phi) is 5.39. The average Bonchev–Trinajstić information content (AvgIpc) is 3.17. The van der Waals surface area contributed by atoms with E-state index in [9.17, 15) is 13.2 Å². The summed E-state index contributed by atoms with van der Waals surface area (Å²) >= 11 is 0. The molecule has 1 fully saturated rings. The third-order valence-corrected chi connectivity index (χ3v) is 6.05. The van der Waals surface area contributed by atoms with Crippen molar-refractivity contribution in [1.29, 1.82) is 5.26 Å². The summed E-state index contributed by atoms with van der Waals surface area (Å²) in [7, 11) is -2.44. The van der Waals surface area contributed by atoms with Gasteiger partial charge in [0.25, 0.3) is 0 Å². The summed E-state index contributed by atoms with van der Waals surface area (Å²) in [4.78, 5) is 15.6. The van der Waals surface area contributed by atoms with Crippen LogP contribution in [-0.2, 0) is 14.8 Å². The minimum atomic E-state index is -3.70. The highest BCUT2D eigenvalue weighted by Gasteiger charge is 2.34. The van der Waals surface area contributed by atoms with Crippen molar-refractivity contribution < 1.29 is 22.7 Å². The van der Waals surface area contributed by atoms with E-state index in [0.29, 0.717) is 24.4 Å². The molecule has 0 radical (unpaired) electrons. The summed E-state index contributed by atoms with van der Waals surface area (Å²) in [5.41, 5.74) is 0.704. The number of aromatic nitrogens is 1. The maximum atomic E-state index is 12.8. The van der Waals surface area contributed by atoms with E-state index in [1.165, 1.54) is 47.9 Å². The van der Waals surface area contributed by atoms with Crippen LogP contribution in [0, 0.1) is 11.3 Å².